The third-order valence-electron chi connectivity index (χ3n) is 0.425. The van der Waals surface area contributed by atoms with E-state index < -0.39 is 0 Å². The fourth-order valence-corrected chi connectivity index (χ4v) is 0.227. The molecule has 1 nitrogen and oxygen atoms in total. The van der Waals surface area contributed by atoms with E-state index in [1.807, 2.05) is 12.9 Å². The Morgan fingerprint density at radius 3 is 2.80 bits per heavy atom. The Morgan fingerprint density at radius 2 is 2.60 bits per heavy atom. The monoisotopic (exact) mass is 66.0 g/mol. The maximum absolute atomic E-state index is 4.58. The molecule has 0 fully saturated rings. The van der Waals surface area contributed by atoms with Crippen LogP contribution >= 0.6 is 0 Å². The molecule has 1 aromatic heterocycles. The summed E-state index contributed by atoms with van der Waals surface area (Å²) in [6, 6.07) is 0. The first-order valence-electron chi connectivity index (χ1n) is 1.47. The summed E-state index contributed by atoms with van der Waals surface area (Å²) in [6.45, 7) is 1.83. The molecule has 0 aliphatic carbocycles. The quantitative estimate of drug-likeness (QED) is 0.432. The van der Waals surface area contributed by atoms with Crippen LogP contribution in [0.25, 0.3) is 0 Å². The van der Waals surface area contributed by atoms with Gasteiger partial charge in [-0.1, -0.05) is 0 Å². The molecule has 0 aromatic carbocycles. The van der Waals surface area contributed by atoms with Crippen molar-refractivity contribution in [2.45, 2.75) is 0 Å². The third kappa shape index (κ3) is 0.378. The van der Waals surface area contributed by atoms with Gasteiger partial charge < -0.3 is 0 Å². The van der Waals surface area contributed by atoms with E-state index in [4.69, 9.17) is 0 Å². The third-order valence-corrected chi connectivity index (χ3v) is 0.425. The van der Waals surface area contributed by atoms with E-state index in [1.54, 1.807) is 12.4 Å². The van der Waals surface area contributed by atoms with E-state index in [2.05, 4.69) is 4.42 Å². The molecule has 1 heterocycles. The zero-order chi connectivity index (χ0) is 3.54. The van der Waals surface area contributed by atoms with Gasteiger partial charge in [-0.2, -0.15) is 0 Å². The first-order valence-corrected chi connectivity index (χ1v) is 1.47. The molecule has 1 rings (SSSR count). The van der Waals surface area contributed by atoms with Gasteiger partial charge in [0.25, 0.3) is 0 Å². The summed E-state index contributed by atoms with van der Waals surface area (Å²) in [5.74, 6) is 1.83. The van der Waals surface area contributed by atoms with Gasteiger partial charge in [0.2, 0.25) is 0 Å². The van der Waals surface area contributed by atoms with Crippen molar-refractivity contribution in [2.75, 3.05) is 0 Å². The van der Waals surface area contributed by atoms with E-state index in [0.717, 1.165) is 0 Å². The van der Waals surface area contributed by atoms with Crippen LogP contribution < -0.4 is 0 Å². The van der Waals surface area contributed by atoms with Crippen LogP contribution in [0, 0.1) is 0 Å². The molecule has 0 spiro atoms. The molecule has 5 heavy (non-hydrogen) atoms. The number of hydrogen-bond acceptors (Lipinski definition) is 1. The summed E-state index contributed by atoms with van der Waals surface area (Å²) in [6.07, 6.45) is 3.25. The summed E-state index contributed by atoms with van der Waals surface area (Å²) < 4.78 is 4.58. The molecule has 2 heteroatoms. The minimum absolute atomic E-state index is 1.62. The second kappa shape index (κ2) is 1.06. The average Bonchev–Trinajstić information content (AvgIpc) is 1.76. The summed E-state index contributed by atoms with van der Waals surface area (Å²) in [5, 5.41) is 0. The van der Waals surface area contributed by atoms with Crippen LogP contribution in [0.3, 0.4) is 0 Å². The first kappa shape index (κ1) is 2.70. The topological polar surface area (TPSA) is 13.1 Å². The molecular formula is C3H3BO. The molecule has 24 valence electrons. The van der Waals surface area contributed by atoms with Crippen molar-refractivity contribution in [3.05, 3.63) is 18.4 Å². The molecule has 0 saturated heterocycles. The fourth-order valence-electron chi connectivity index (χ4n) is 0.227. The Kier molecular flexibility index (Phi) is 0.574. The van der Waals surface area contributed by atoms with Gasteiger partial charge in [-0.05, 0) is 0 Å². The maximum atomic E-state index is 4.58. The fraction of sp³-hybridized carbons (Fsp3) is 0. The van der Waals surface area contributed by atoms with Crippen molar-refractivity contribution in [2.24, 2.45) is 0 Å². The summed E-state index contributed by atoms with van der Waals surface area (Å²) >= 11 is 0. The van der Waals surface area contributed by atoms with Crippen LogP contribution in [0.15, 0.2) is 22.8 Å². The van der Waals surface area contributed by atoms with Crippen molar-refractivity contribution in [3.63, 3.8) is 0 Å². The first-order chi connectivity index (χ1) is 2.50. The molecule has 0 N–H and O–H groups in total. The Balaban J connectivity index is 3.13. The van der Waals surface area contributed by atoms with Crippen LogP contribution in [0.1, 0.15) is 0 Å². The van der Waals surface area contributed by atoms with E-state index in [1.165, 1.54) is 0 Å². The molecule has 1 aromatic rings. The standard InChI is InChI=1S/C3H3BO/c1-2-5-3-4-1/h1-3H. The Labute approximate surface area is 30.8 Å². The molecule has 0 aliphatic rings. The van der Waals surface area contributed by atoms with Gasteiger partial charge in [0, 0.05) is 0 Å². The second-order valence-corrected chi connectivity index (χ2v) is 0.793. The predicted molar refractivity (Wildman–Crippen MR) is 20.1 cm³/mol. The molecule has 0 unspecified atom stereocenters. The van der Waals surface area contributed by atoms with Crippen LogP contribution in [0.2, 0.25) is 0 Å². The van der Waals surface area contributed by atoms with Crippen molar-refractivity contribution >= 4 is 6.91 Å². The van der Waals surface area contributed by atoms with E-state index in [-0.39, 0.29) is 0 Å². The van der Waals surface area contributed by atoms with E-state index in [0.29, 0.717) is 0 Å². The van der Waals surface area contributed by atoms with Crippen molar-refractivity contribution in [1.29, 1.82) is 0 Å². The predicted octanol–water partition coefficient (Wildman–Crippen LogP) is 0.618. The van der Waals surface area contributed by atoms with Crippen molar-refractivity contribution in [3.8, 4) is 0 Å². The van der Waals surface area contributed by atoms with Gasteiger partial charge in [0.15, 0.2) is 0 Å². The molecule has 0 bridgehead atoms. The Hall–Kier alpha value is -0.525. The molecule has 0 radical (unpaired) electrons. The van der Waals surface area contributed by atoms with Crippen LogP contribution in [-0.4, -0.2) is 6.91 Å². The second-order valence-electron chi connectivity index (χ2n) is 0.793. The summed E-state index contributed by atoms with van der Waals surface area (Å²) in [7, 11) is 0. The zero-order valence-corrected chi connectivity index (χ0v) is 2.72. The number of hydrogen-bond donors (Lipinski definition) is 0. The normalized spacial score (nSPS) is 7.20. The van der Waals surface area contributed by atoms with Crippen LogP contribution in [0.4, 0.5) is 0 Å². The van der Waals surface area contributed by atoms with Crippen molar-refractivity contribution in [1.82, 2.24) is 0 Å². The van der Waals surface area contributed by atoms with Gasteiger partial charge in [-0.25, -0.2) is 0 Å². The Bertz CT molecular complexity index is 63.4. The summed E-state index contributed by atoms with van der Waals surface area (Å²) in [4.78, 5) is 0. The summed E-state index contributed by atoms with van der Waals surface area (Å²) in [5.41, 5.74) is 0. The van der Waals surface area contributed by atoms with Crippen LogP contribution in [0.5, 0.6) is 0 Å². The Morgan fingerprint density at radius 1 is 1.60 bits per heavy atom. The van der Waals surface area contributed by atoms with Crippen LogP contribution in [-0.2, 0) is 0 Å². The minimum atomic E-state index is 1.62. The average molecular weight is 65.9 g/mol. The number of rotatable bonds is 0. The van der Waals surface area contributed by atoms with E-state index >= 15 is 0 Å². The van der Waals surface area contributed by atoms with Gasteiger partial charge in [-0.15, -0.1) is 0 Å². The van der Waals surface area contributed by atoms with Gasteiger partial charge >= 0.3 is 29.7 Å². The van der Waals surface area contributed by atoms with Gasteiger partial charge in [0.1, 0.15) is 0 Å². The van der Waals surface area contributed by atoms with Crippen molar-refractivity contribution < 1.29 is 4.42 Å². The molecular weight excluding hydrogens is 62.8 g/mol. The molecule has 0 saturated carbocycles. The van der Waals surface area contributed by atoms with Gasteiger partial charge in [0.05, 0.1) is 0 Å². The molecule has 0 amide bonds. The molecule has 0 aliphatic heterocycles. The van der Waals surface area contributed by atoms with E-state index in [9.17, 15) is 0 Å². The van der Waals surface area contributed by atoms with Gasteiger partial charge in [-0.3, -0.25) is 0 Å². The SMILES string of the molecule is b1ccoc1. The zero-order valence-electron chi connectivity index (χ0n) is 2.72. The molecule has 0 atom stereocenters.